The van der Waals surface area contributed by atoms with Crippen molar-refractivity contribution in [1.29, 1.82) is 0 Å². The van der Waals surface area contributed by atoms with Crippen molar-refractivity contribution in [2.75, 3.05) is 25.6 Å². The van der Waals surface area contributed by atoms with Crippen LogP contribution in [0.3, 0.4) is 0 Å². The van der Waals surface area contributed by atoms with Gasteiger partial charge in [0, 0.05) is 35.9 Å². The van der Waals surface area contributed by atoms with Crippen LogP contribution in [-0.2, 0) is 4.74 Å². The second-order valence-electron chi connectivity index (χ2n) is 5.28. The monoisotopic (exact) mass is 322 g/mol. The van der Waals surface area contributed by atoms with E-state index in [4.69, 9.17) is 26.8 Å². The van der Waals surface area contributed by atoms with E-state index in [0.29, 0.717) is 34.6 Å². The Morgan fingerprint density at radius 2 is 2.27 bits per heavy atom. The number of rotatable bonds is 4. The van der Waals surface area contributed by atoms with Gasteiger partial charge in [0.15, 0.2) is 0 Å². The number of benzene rings is 1. The minimum atomic E-state index is -0.499. The van der Waals surface area contributed by atoms with Gasteiger partial charge in [-0.15, -0.1) is 0 Å². The molecule has 0 aliphatic carbocycles. The molecule has 1 aliphatic rings. The lowest BCUT2D eigenvalue weighted by Crippen LogP contribution is -2.12. The fraction of sp³-hybridized carbons (Fsp3) is 0.312. The van der Waals surface area contributed by atoms with Crippen LogP contribution < -0.4 is 10.5 Å². The Bertz CT molecular complexity index is 658. The average molecular weight is 323 g/mol. The summed E-state index contributed by atoms with van der Waals surface area (Å²) in [5, 5.41) is 0.387. The molecule has 2 N–H and O–H groups in total. The molecule has 0 radical (unpaired) electrons. The standard InChI is InChI=1S/C16H16ClFN2O2/c17-13-6-15(19)14(18)5-12(13)11-1-2-16(20-7-11)22-9-10-3-4-21-8-10/h1-2,5-7,10H,3-4,8-9,19H2. The predicted octanol–water partition coefficient (Wildman–Crippen LogP) is 3.54. The minimum absolute atomic E-state index is 0.0282. The normalized spacial score (nSPS) is 17.6. The van der Waals surface area contributed by atoms with Crippen molar-refractivity contribution in [2.24, 2.45) is 5.92 Å². The van der Waals surface area contributed by atoms with E-state index < -0.39 is 5.82 Å². The number of halogens is 2. The maximum atomic E-state index is 13.6. The molecule has 4 nitrogen and oxygen atoms in total. The molecule has 1 aromatic carbocycles. The summed E-state index contributed by atoms with van der Waals surface area (Å²) < 4.78 is 24.5. The van der Waals surface area contributed by atoms with Crippen molar-refractivity contribution in [3.05, 3.63) is 41.3 Å². The molecule has 6 heteroatoms. The summed E-state index contributed by atoms with van der Waals surface area (Å²) >= 11 is 6.10. The Hall–Kier alpha value is -1.85. The lowest BCUT2D eigenvalue weighted by Gasteiger charge is -2.10. The third kappa shape index (κ3) is 3.31. The smallest absolute Gasteiger partial charge is 0.213 e. The summed E-state index contributed by atoms with van der Waals surface area (Å²) in [6, 6.07) is 6.25. The summed E-state index contributed by atoms with van der Waals surface area (Å²) in [7, 11) is 0. The Balaban J connectivity index is 1.72. The molecule has 2 aromatic rings. The molecule has 1 aromatic heterocycles. The highest BCUT2D eigenvalue weighted by atomic mass is 35.5. The predicted molar refractivity (Wildman–Crippen MR) is 83.5 cm³/mol. The van der Waals surface area contributed by atoms with Crippen LogP contribution in [0.25, 0.3) is 11.1 Å². The fourth-order valence-corrected chi connectivity index (χ4v) is 2.61. The molecule has 1 fully saturated rings. The van der Waals surface area contributed by atoms with Gasteiger partial charge in [-0.05, 0) is 24.6 Å². The molecular weight excluding hydrogens is 307 g/mol. The van der Waals surface area contributed by atoms with Crippen molar-refractivity contribution >= 4 is 17.3 Å². The van der Waals surface area contributed by atoms with Gasteiger partial charge in [-0.25, -0.2) is 9.37 Å². The summed E-state index contributed by atoms with van der Waals surface area (Å²) in [5.74, 6) is 0.450. The van der Waals surface area contributed by atoms with Gasteiger partial charge in [0.05, 0.1) is 23.9 Å². The van der Waals surface area contributed by atoms with Gasteiger partial charge in [0.2, 0.25) is 5.88 Å². The molecule has 2 heterocycles. The van der Waals surface area contributed by atoms with Gasteiger partial charge in [-0.3, -0.25) is 0 Å². The minimum Gasteiger partial charge on any atom is -0.477 e. The average Bonchev–Trinajstić information content (AvgIpc) is 3.03. The van der Waals surface area contributed by atoms with Crippen LogP contribution in [0.2, 0.25) is 5.02 Å². The molecule has 0 spiro atoms. The molecule has 1 aliphatic heterocycles. The zero-order valence-electron chi connectivity index (χ0n) is 11.9. The largest absolute Gasteiger partial charge is 0.477 e. The van der Waals surface area contributed by atoms with E-state index in [1.165, 1.54) is 12.1 Å². The zero-order chi connectivity index (χ0) is 15.5. The molecule has 0 saturated carbocycles. The van der Waals surface area contributed by atoms with Crippen LogP contribution in [-0.4, -0.2) is 24.8 Å². The number of hydrogen-bond acceptors (Lipinski definition) is 4. The Kier molecular flexibility index (Phi) is 4.45. The molecule has 1 saturated heterocycles. The zero-order valence-corrected chi connectivity index (χ0v) is 12.6. The maximum Gasteiger partial charge on any atom is 0.213 e. The van der Waals surface area contributed by atoms with E-state index in [9.17, 15) is 4.39 Å². The van der Waals surface area contributed by atoms with Crippen LogP contribution in [0.1, 0.15) is 6.42 Å². The molecule has 0 bridgehead atoms. The number of nitrogens with zero attached hydrogens (tertiary/aromatic N) is 1. The molecular formula is C16H16ClFN2O2. The molecule has 1 atom stereocenters. The van der Waals surface area contributed by atoms with Gasteiger partial charge >= 0.3 is 0 Å². The summed E-state index contributed by atoms with van der Waals surface area (Å²) in [6.07, 6.45) is 2.62. The molecule has 116 valence electrons. The summed E-state index contributed by atoms with van der Waals surface area (Å²) in [6.45, 7) is 2.11. The van der Waals surface area contributed by atoms with Crippen molar-refractivity contribution in [3.63, 3.8) is 0 Å². The number of ether oxygens (including phenoxy) is 2. The van der Waals surface area contributed by atoms with Crippen LogP contribution >= 0.6 is 11.6 Å². The van der Waals surface area contributed by atoms with E-state index in [1.54, 1.807) is 18.3 Å². The Morgan fingerprint density at radius 1 is 1.41 bits per heavy atom. The van der Waals surface area contributed by atoms with Crippen LogP contribution in [0.4, 0.5) is 10.1 Å². The Labute approximate surface area is 133 Å². The van der Waals surface area contributed by atoms with Crippen molar-refractivity contribution in [2.45, 2.75) is 6.42 Å². The van der Waals surface area contributed by atoms with E-state index in [2.05, 4.69) is 4.98 Å². The summed E-state index contributed by atoms with van der Waals surface area (Å²) in [5.41, 5.74) is 6.78. The van der Waals surface area contributed by atoms with Crippen LogP contribution in [0.15, 0.2) is 30.5 Å². The van der Waals surface area contributed by atoms with Crippen molar-refractivity contribution in [3.8, 4) is 17.0 Å². The van der Waals surface area contributed by atoms with Gasteiger partial charge in [0.1, 0.15) is 5.82 Å². The first-order chi connectivity index (χ1) is 10.6. The highest BCUT2D eigenvalue weighted by molar-refractivity contribution is 6.33. The number of hydrogen-bond donors (Lipinski definition) is 1. The highest BCUT2D eigenvalue weighted by Crippen LogP contribution is 2.31. The second kappa shape index (κ2) is 6.50. The van der Waals surface area contributed by atoms with Gasteiger partial charge in [-0.1, -0.05) is 11.6 Å². The number of nitrogens with two attached hydrogens (primary N) is 1. The third-order valence-corrected chi connectivity index (χ3v) is 3.94. The molecule has 3 rings (SSSR count). The first kappa shape index (κ1) is 15.1. The summed E-state index contributed by atoms with van der Waals surface area (Å²) in [4.78, 5) is 4.23. The van der Waals surface area contributed by atoms with E-state index in [1.807, 2.05) is 0 Å². The Morgan fingerprint density at radius 3 is 2.95 bits per heavy atom. The number of aromatic nitrogens is 1. The van der Waals surface area contributed by atoms with Gasteiger partial charge in [0.25, 0.3) is 0 Å². The molecule has 0 amide bonds. The topological polar surface area (TPSA) is 57.4 Å². The third-order valence-electron chi connectivity index (χ3n) is 3.62. The van der Waals surface area contributed by atoms with Crippen LogP contribution in [0.5, 0.6) is 5.88 Å². The van der Waals surface area contributed by atoms with Crippen molar-refractivity contribution in [1.82, 2.24) is 4.98 Å². The second-order valence-corrected chi connectivity index (χ2v) is 5.69. The molecule has 1 unspecified atom stereocenters. The van der Waals surface area contributed by atoms with E-state index in [-0.39, 0.29) is 5.69 Å². The highest BCUT2D eigenvalue weighted by Gasteiger charge is 2.16. The van der Waals surface area contributed by atoms with E-state index in [0.717, 1.165) is 19.6 Å². The fourth-order valence-electron chi connectivity index (χ4n) is 2.33. The van der Waals surface area contributed by atoms with Crippen LogP contribution in [0, 0.1) is 11.7 Å². The lowest BCUT2D eigenvalue weighted by atomic mass is 10.1. The quantitative estimate of drug-likeness (QED) is 0.875. The number of pyridine rings is 1. The van der Waals surface area contributed by atoms with Gasteiger partial charge in [-0.2, -0.15) is 0 Å². The first-order valence-electron chi connectivity index (χ1n) is 7.05. The lowest BCUT2D eigenvalue weighted by molar-refractivity contribution is 0.165. The number of anilines is 1. The number of nitrogen functional groups attached to an aromatic ring is 1. The first-order valence-corrected chi connectivity index (χ1v) is 7.43. The van der Waals surface area contributed by atoms with E-state index >= 15 is 0 Å². The molecule has 22 heavy (non-hydrogen) atoms. The SMILES string of the molecule is Nc1cc(Cl)c(-c2ccc(OCC3CCOC3)nc2)cc1F. The van der Waals surface area contributed by atoms with Crippen molar-refractivity contribution < 1.29 is 13.9 Å². The maximum absolute atomic E-state index is 13.6. The van der Waals surface area contributed by atoms with Gasteiger partial charge < -0.3 is 15.2 Å².